The van der Waals surface area contributed by atoms with Crippen molar-refractivity contribution in [3.8, 4) is 0 Å². The molecule has 3 nitrogen and oxygen atoms in total. The fourth-order valence-corrected chi connectivity index (χ4v) is 2.07. The number of nitrogens with zero attached hydrogens (tertiary/aromatic N) is 1. The molecule has 1 atom stereocenters. The highest BCUT2D eigenvalue weighted by Gasteiger charge is 2.12. The lowest BCUT2D eigenvalue weighted by atomic mass is 10.2. The summed E-state index contributed by atoms with van der Waals surface area (Å²) in [5.74, 6) is 1.15. The third-order valence-corrected chi connectivity index (χ3v) is 2.73. The van der Waals surface area contributed by atoms with Crippen LogP contribution in [0.25, 0.3) is 0 Å². The minimum Gasteiger partial charge on any atom is -0.259 e. The predicted molar refractivity (Wildman–Crippen MR) is 41.6 cm³/mol. The lowest BCUT2D eigenvalue weighted by Crippen LogP contribution is -1.92. The lowest BCUT2D eigenvalue weighted by molar-refractivity contribution is -0.402. The maximum atomic E-state index is 9.87. The summed E-state index contributed by atoms with van der Waals surface area (Å²) < 4.78 is 0. The first-order chi connectivity index (χ1) is 4.79. The second-order valence-electron chi connectivity index (χ2n) is 2.18. The number of thioether (sulfide) groups is 1. The molecule has 1 saturated heterocycles. The van der Waals surface area contributed by atoms with Gasteiger partial charge in [0.2, 0.25) is 6.20 Å². The molecule has 0 bridgehead atoms. The molecule has 0 spiro atoms. The SMILES string of the molecule is O=[N+]([O-])/C=C/C1CCCS1. The highest BCUT2D eigenvalue weighted by molar-refractivity contribution is 8.00. The van der Waals surface area contributed by atoms with Crippen LogP contribution < -0.4 is 0 Å². The monoisotopic (exact) mass is 159 g/mol. The van der Waals surface area contributed by atoms with Gasteiger partial charge in [0, 0.05) is 5.25 Å². The van der Waals surface area contributed by atoms with E-state index >= 15 is 0 Å². The van der Waals surface area contributed by atoms with E-state index in [0.717, 1.165) is 18.4 Å². The molecular formula is C6H9NO2S. The Balaban J connectivity index is 2.29. The second kappa shape index (κ2) is 3.61. The molecule has 1 aliphatic heterocycles. The smallest absolute Gasteiger partial charge is 0.231 e. The highest BCUT2D eigenvalue weighted by Crippen LogP contribution is 2.26. The Hall–Kier alpha value is -0.510. The molecule has 1 heterocycles. The molecule has 4 heteroatoms. The molecular weight excluding hydrogens is 150 g/mol. The van der Waals surface area contributed by atoms with Crippen molar-refractivity contribution in [3.05, 3.63) is 22.4 Å². The van der Waals surface area contributed by atoms with Gasteiger partial charge in [-0.25, -0.2) is 0 Å². The van der Waals surface area contributed by atoms with E-state index in [1.807, 2.05) is 0 Å². The van der Waals surface area contributed by atoms with Crippen molar-refractivity contribution in [2.75, 3.05) is 5.75 Å². The van der Waals surface area contributed by atoms with Crippen LogP contribution in [0.15, 0.2) is 12.3 Å². The fraction of sp³-hybridized carbons (Fsp3) is 0.667. The molecule has 1 unspecified atom stereocenters. The van der Waals surface area contributed by atoms with Crippen LogP contribution >= 0.6 is 11.8 Å². The van der Waals surface area contributed by atoms with Gasteiger partial charge in [-0.1, -0.05) is 0 Å². The van der Waals surface area contributed by atoms with Crippen LogP contribution in [0.1, 0.15) is 12.8 Å². The Morgan fingerprint density at radius 3 is 3.00 bits per heavy atom. The molecule has 0 N–H and O–H groups in total. The first-order valence-electron chi connectivity index (χ1n) is 3.22. The van der Waals surface area contributed by atoms with Crippen LogP contribution in [-0.4, -0.2) is 15.9 Å². The van der Waals surface area contributed by atoms with E-state index in [2.05, 4.69) is 0 Å². The van der Waals surface area contributed by atoms with Gasteiger partial charge in [0.15, 0.2) is 0 Å². The molecule has 0 aromatic rings. The summed E-state index contributed by atoms with van der Waals surface area (Å²) in [7, 11) is 0. The normalized spacial score (nSPS) is 25.8. The van der Waals surface area contributed by atoms with E-state index in [0.29, 0.717) is 5.25 Å². The van der Waals surface area contributed by atoms with E-state index < -0.39 is 4.92 Å². The van der Waals surface area contributed by atoms with Crippen molar-refractivity contribution in [1.82, 2.24) is 0 Å². The van der Waals surface area contributed by atoms with Crippen molar-refractivity contribution in [3.63, 3.8) is 0 Å². The average molecular weight is 159 g/mol. The van der Waals surface area contributed by atoms with Crippen LogP contribution in [-0.2, 0) is 0 Å². The molecule has 1 rings (SSSR count). The third-order valence-electron chi connectivity index (χ3n) is 1.39. The molecule has 0 aromatic heterocycles. The van der Waals surface area contributed by atoms with Gasteiger partial charge < -0.3 is 0 Å². The standard InChI is InChI=1S/C6H9NO2S/c8-7(9)4-3-6-2-1-5-10-6/h3-4,6H,1-2,5H2/b4-3+. The Kier molecular flexibility index (Phi) is 2.74. The van der Waals surface area contributed by atoms with Crippen LogP contribution in [0.2, 0.25) is 0 Å². The van der Waals surface area contributed by atoms with Crippen LogP contribution in [0.3, 0.4) is 0 Å². The van der Waals surface area contributed by atoms with Crippen molar-refractivity contribution in [1.29, 1.82) is 0 Å². The number of nitro groups is 1. The topological polar surface area (TPSA) is 43.1 Å². The van der Waals surface area contributed by atoms with Crippen molar-refractivity contribution in [2.24, 2.45) is 0 Å². The van der Waals surface area contributed by atoms with Gasteiger partial charge in [-0.3, -0.25) is 10.1 Å². The first-order valence-corrected chi connectivity index (χ1v) is 4.27. The number of hydrogen-bond acceptors (Lipinski definition) is 3. The summed E-state index contributed by atoms with van der Waals surface area (Å²) in [6.07, 6.45) is 5.01. The van der Waals surface area contributed by atoms with E-state index in [9.17, 15) is 10.1 Å². The largest absolute Gasteiger partial charge is 0.259 e. The molecule has 0 aromatic carbocycles. The third kappa shape index (κ3) is 2.39. The van der Waals surface area contributed by atoms with Crippen LogP contribution in [0.5, 0.6) is 0 Å². The molecule has 0 aliphatic carbocycles. The quantitative estimate of drug-likeness (QED) is 0.454. The van der Waals surface area contributed by atoms with Crippen LogP contribution in [0, 0.1) is 10.1 Å². The van der Waals surface area contributed by atoms with E-state index in [-0.39, 0.29) is 0 Å². The van der Waals surface area contributed by atoms with Gasteiger partial charge in [0.25, 0.3) is 0 Å². The van der Waals surface area contributed by atoms with Gasteiger partial charge >= 0.3 is 0 Å². The number of hydrogen-bond donors (Lipinski definition) is 0. The highest BCUT2D eigenvalue weighted by atomic mass is 32.2. The average Bonchev–Trinajstić information content (AvgIpc) is 2.34. The van der Waals surface area contributed by atoms with Crippen molar-refractivity contribution >= 4 is 11.8 Å². The van der Waals surface area contributed by atoms with Gasteiger partial charge in [-0.05, 0) is 24.7 Å². The summed E-state index contributed by atoms with van der Waals surface area (Å²) >= 11 is 1.79. The summed E-state index contributed by atoms with van der Waals surface area (Å²) in [5, 5.41) is 10.3. The lowest BCUT2D eigenvalue weighted by Gasteiger charge is -1.94. The van der Waals surface area contributed by atoms with Crippen molar-refractivity contribution in [2.45, 2.75) is 18.1 Å². The van der Waals surface area contributed by atoms with Gasteiger partial charge in [-0.15, -0.1) is 0 Å². The Bertz CT molecular complexity index is 152. The molecule has 1 aliphatic rings. The minimum absolute atomic E-state index is 0.394. The molecule has 0 amide bonds. The Morgan fingerprint density at radius 2 is 2.50 bits per heavy atom. The fourth-order valence-electron chi connectivity index (χ4n) is 0.921. The first kappa shape index (κ1) is 7.60. The summed E-state index contributed by atoms with van der Waals surface area (Å²) in [6.45, 7) is 0. The predicted octanol–water partition coefficient (Wildman–Crippen LogP) is 1.67. The summed E-state index contributed by atoms with van der Waals surface area (Å²) in [4.78, 5) is 9.46. The maximum absolute atomic E-state index is 9.87. The molecule has 10 heavy (non-hydrogen) atoms. The second-order valence-corrected chi connectivity index (χ2v) is 3.53. The zero-order valence-corrected chi connectivity index (χ0v) is 6.34. The minimum atomic E-state index is -0.404. The summed E-state index contributed by atoms with van der Waals surface area (Å²) in [6, 6.07) is 0. The molecule has 0 saturated carbocycles. The van der Waals surface area contributed by atoms with E-state index in [1.54, 1.807) is 17.8 Å². The van der Waals surface area contributed by atoms with E-state index in [1.165, 1.54) is 6.42 Å². The Labute approximate surface area is 63.6 Å². The maximum Gasteiger partial charge on any atom is 0.231 e. The zero-order chi connectivity index (χ0) is 7.40. The van der Waals surface area contributed by atoms with Gasteiger partial charge in [0.1, 0.15) is 0 Å². The molecule has 56 valence electrons. The zero-order valence-electron chi connectivity index (χ0n) is 5.53. The van der Waals surface area contributed by atoms with E-state index in [4.69, 9.17) is 0 Å². The molecule has 1 fully saturated rings. The van der Waals surface area contributed by atoms with Crippen LogP contribution in [0.4, 0.5) is 0 Å². The molecule has 0 radical (unpaired) electrons. The van der Waals surface area contributed by atoms with Gasteiger partial charge in [-0.2, -0.15) is 11.8 Å². The van der Waals surface area contributed by atoms with Crippen molar-refractivity contribution < 1.29 is 4.92 Å². The summed E-state index contributed by atoms with van der Waals surface area (Å²) in [5.41, 5.74) is 0. The number of rotatable bonds is 2. The Morgan fingerprint density at radius 1 is 1.70 bits per heavy atom. The van der Waals surface area contributed by atoms with Gasteiger partial charge in [0.05, 0.1) is 4.92 Å².